The van der Waals surface area contributed by atoms with E-state index >= 15 is 0 Å². The maximum absolute atomic E-state index is 12.1. The van der Waals surface area contributed by atoms with E-state index in [9.17, 15) is 9.59 Å². The van der Waals surface area contributed by atoms with Gasteiger partial charge < -0.3 is 20.7 Å². The van der Waals surface area contributed by atoms with Crippen LogP contribution in [-0.4, -0.2) is 45.2 Å². The quantitative estimate of drug-likeness (QED) is 0.586. The van der Waals surface area contributed by atoms with Crippen molar-refractivity contribution in [1.82, 2.24) is 10.6 Å². The van der Waals surface area contributed by atoms with Crippen molar-refractivity contribution >= 4 is 41.5 Å². The summed E-state index contributed by atoms with van der Waals surface area (Å²) in [6.45, 7) is 3.77. The van der Waals surface area contributed by atoms with Gasteiger partial charge in [-0.2, -0.15) is 0 Å². The molecule has 0 aromatic heterocycles. The molecular weight excluding hydrogens is 341 g/mol. The molecule has 0 bridgehead atoms. The van der Waals surface area contributed by atoms with Gasteiger partial charge in [-0.3, -0.25) is 9.59 Å². The van der Waals surface area contributed by atoms with Crippen LogP contribution in [0.15, 0.2) is 18.2 Å². The molecule has 0 saturated carbocycles. The number of amides is 2. The van der Waals surface area contributed by atoms with Gasteiger partial charge in [-0.1, -0.05) is 18.5 Å². The summed E-state index contributed by atoms with van der Waals surface area (Å²) < 4.78 is 4.88. The standard InChI is InChI=1S/C15H22ClN3O3.ClH/c1-3-6-18-15(21)12-5-4-11(16)9-13(12)19-14(20)10-17-7-8-22-2;/h4-5,9,17H,3,6-8,10H2,1-2H3,(H,18,21)(H,19,20);1H. The van der Waals surface area contributed by atoms with Crippen molar-refractivity contribution in [3.63, 3.8) is 0 Å². The largest absolute Gasteiger partial charge is 0.383 e. The predicted octanol–water partition coefficient (Wildman–Crippen LogP) is 2.08. The van der Waals surface area contributed by atoms with E-state index in [0.717, 1.165) is 6.42 Å². The van der Waals surface area contributed by atoms with Gasteiger partial charge in [0.25, 0.3) is 5.91 Å². The van der Waals surface area contributed by atoms with Crippen LogP contribution in [0.25, 0.3) is 0 Å². The molecule has 0 radical (unpaired) electrons. The van der Waals surface area contributed by atoms with Crippen LogP contribution in [0.4, 0.5) is 5.69 Å². The van der Waals surface area contributed by atoms with E-state index in [1.54, 1.807) is 25.3 Å². The van der Waals surface area contributed by atoms with Crippen LogP contribution in [0.2, 0.25) is 5.02 Å². The molecule has 1 aromatic carbocycles. The number of nitrogens with one attached hydrogen (secondary N) is 3. The fourth-order valence-corrected chi connectivity index (χ4v) is 1.89. The zero-order valence-electron chi connectivity index (χ0n) is 13.3. The van der Waals surface area contributed by atoms with Crippen molar-refractivity contribution in [2.75, 3.05) is 38.7 Å². The lowest BCUT2D eigenvalue weighted by atomic mass is 10.1. The van der Waals surface area contributed by atoms with Crippen molar-refractivity contribution in [3.8, 4) is 0 Å². The summed E-state index contributed by atoms with van der Waals surface area (Å²) in [6.07, 6.45) is 0.838. The number of hydrogen-bond donors (Lipinski definition) is 3. The van der Waals surface area contributed by atoms with Gasteiger partial charge in [-0.05, 0) is 24.6 Å². The first-order chi connectivity index (χ1) is 10.6. The van der Waals surface area contributed by atoms with Gasteiger partial charge in [-0.25, -0.2) is 0 Å². The minimum Gasteiger partial charge on any atom is -0.383 e. The molecule has 0 atom stereocenters. The second-order valence-electron chi connectivity index (χ2n) is 4.66. The topological polar surface area (TPSA) is 79.5 Å². The van der Waals surface area contributed by atoms with Crippen LogP contribution in [0.1, 0.15) is 23.7 Å². The van der Waals surface area contributed by atoms with Gasteiger partial charge in [0.15, 0.2) is 0 Å². The average Bonchev–Trinajstić information content (AvgIpc) is 2.49. The minimum absolute atomic E-state index is 0. The van der Waals surface area contributed by atoms with Crippen molar-refractivity contribution in [2.45, 2.75) is 13.3 Å². The fraction of sp³-hybridized carbons (Fsp3) is 0.467. The minimum atomic E-state index is -0.247. The van der Waals surface area contributed by atoms with E-state index in [1.165, 1.54) is 0 Å². The lowest BCUT2D eigenvalue weighted by Gasteiger charge is -2.12. The first kappa shape index (κ1) is 21.7. The summed E-state index contributed by atoms with van der Waals surface area (Å²) >= 11 is 5.94. The summed E-state index contributed by atoms with van der Waals surface area (Å²) in [5.74, 6) is -0.482. The molecule has 0 saturated heterocycles. The second kappa shape index (κ2) is 12.1. The third kappa shape index (κ3) is 8.18. The zero-order chi connectivity index (χ0) is 16.4. The van der Waals surface area contributed by atoms with Crippen LogP contribution < -0.4 is 16.0 Å². The number of carbonyl (C=O) groups is 2. The summed E-state index contributed by atoms with van der Waals surface area (Å²) in [7, 11) is 1.59. The fourth-order valence-electron chi connectivity index (χ4n) is 1.72. The molecule has 2 amide bonds. The molecular formula is C15H23Cl2N3O3. The molecule has 1 rings (SSSR count). The van der Waals surface area contributed by atoms with Gasteiger partial charge in [0.05, 0.1) is 24.4 Å². The number of hydrogen-bond acceptors (Lipinski definition) is 4. The molecule has 0 aliphatic rings. The lowest BCUT2D eigenvalue weighted by molar-refractivity contribution is -0.115. The second-order valence-corrected chi connectivity index (χ2v) is 5.10. The van der Waals surface area contributed by atoms with Crippen molar-refractivity contribution in [1.29, 1.82) is 0 Å². The summed E-state index contributed by atoms with van der Waals surface area (Å²) in [5.41, 5.74) is 0.794. The molecule has 8 heteroatoms. The number of rotatable bonds is 9. The van der Waals surface area contributed by atoms with Crippen LogP contribution in [-0.2, 0) is 9.53 Å². The number of anilines is 1. The smallest absolute Gasteiger partial charge is 0.253 e. The molecule has 1 aromatic rings. The molecule has 3 N–H and O–H groups in total. The number of benzene rings is 1. The van der Waals surface area contributed by atoms with Gasteiger partial charge >= 0.3 is 0 Å². The monoisotopic (exact) mass is 363 g/mol. The molecule has 23 heavy (non-hydrogen) atoms. The number of methoxy groups -OCH3 is 1. The van der Waals surface area contributed by atoms with E-state index in [4.69, 9.17) is 16.3 Å². The molecule has 6 nitrogen and oxygen atoms in total. The molecule has 0 heterocycles. The highest BCUT2D eigenvalue weighted by atomic mass is 35.5. The molecule has 0 unspecified atom stereocenters. The maximum Gasteiger partial charge on any atom is 0.253 e. The Bertz CT molecular complexity index is 513. The van der Waals surface area contributed by atoms with E-state index in [1.807, 2.05) is 6.92 Å². The van der Waals surface area contributed by atoms with Gasteiger partial charge in [0.1, 0.15) is 0 Å². The summed E-state index contributed by atoms with van der Waals surface area (Å²) in [6, 6.07) is 4.78. The number of halogens is 2. The lowest BCUT2D eigenvalue weighted by Crippen LogP contribution is -2.31. The van der Waals surface area contributed by atoms with Crippen molar-refractivity contribution in [3.05, 3.63) is 28.8 Å². The Hall–Kier alpha value is -1.34. The van der Waals surface area contributed by atoms with Gasteiger partial charge in [0.2, 0.25) is 5.91 Å². The van der Waals surface area contributed by atoms with E-state index in [-0.39, 0.29) is 30.8 Å². The highest BCUT2D eigenvalue weighted by Crippen LogP contribution is 2.21. The van der Waals surface area contributed by atoms with Crippen LogP contribution in [0.3, 0.4) is 0 Å². The van der Waals surface area contributed by atoms with Crippen LogP contribution in [0, 0.1) is 0 Å². The highest BCUT2D eigenvalue weighted by molar-refractivity contribution is 6.31. The Morgan fingerprint density at radius 1 is 1.26 bits per heavy atom. The average molecular weight is 364 g/mol. The van der Waals surface area contributed by atoms with Crippen molar-refractivity contribution in [2.24, 2.45) is 0 Å². The Morgan fingerprint density at radius 2 is 2.00 bits per heavy atom. The predicted molar refractivity (Wildman–Crippen MR) is 94.7 cm³/mol. The highest BCUT2D eigenvalue weighted by Gasteiger charge is 2.13. The van der Waals surface area contributed by atoms with Gasteiger partial charge in [0, 0.05) is 25.2 Å². The van der Waals surface area contributed by atoms with Crippen LogP contribution >= 0.6 is 24.0 Å². The normalized spacial score (nSPS) is 9.87. The zero-order valence-corrected chi connectivity index (χ0v) is 14.9. The van der Waals surface area contributed by atoms with E-state index < -0.39 is 0 Å². The molecule has 0 aliphatic heterocycles. The van der Waals surface area contributed by atoms with Gasteiger partial charge in [-0.15, -0.1) is 12.4 Å². The molecule has 130 valence electrons. The Morgan fingerprint density at radius 3 is 2.65 bits per heavy atom. The third-order valence-electron chi connectivity index (χ3n) is 2.80. The molecule has 0 fully saturated rings. The Balaban J connectivity index is 0.00000484. The van der Waals surface area contributed by atoms with Crippen molar-refractivity contribution < 1.29 is 14.3 Å². The van der Waals surface area contributed by atoms with E-state index in [0.29, 0.717) is 36.0 Å². The summed E-state index contributed by atoms with van der Waals surface area (Å²) in [4.78, 5) is 24.0. The third-order valence-corrected chi connectivity index (χ3v) is 3.04. The number of carbonyl (C=O) groups excluding carboxylic acids is 2. The first-order valence-electron chi connectivity index (χ1n) is 7.15. The summed E-state index contributed by atoms with van der Waals surface area (Å²) in [5, 5.41) is 8.86. The number of ether oxygens (including phenoxy) is 1. The maximum atomic E-state index is 12.1. The SMILES string of the molecule is CCCNC(=O)c1ccc(Cl)cc1NC(=O)CNCCOC.Cl. The molecule has 0 aliphatic carbocycles. The Labute approximate surface area is 147 Å². The van der Waals surface area contributed by atoms with Crippen LogP contribution in [0.5, 0.6) is 0 Å². The Kier molecular flexibility index (Phi) is 11.4. The first-order valence-corrected chi connectivity index (χ1v) is 7.53. The molecule has 0 spiro atoms. The van der Waals surface area contributed by atoms with E-state index in [2.05, 4.69) is 16.0 Å².